The Labute approximate surface area is 96.1 Å². The van der Waals surface area contributed by atoms with Gasteiger partial charge in [0.1, 0.15) is 6.54 Å². The topological polar surface area (TPSA) is 44.1 Å². The van der Waals surface area contributed by atoms with E-state index in [4.69, 9.17) is 5.26 Å². The van der Waals surface area contributed by atoms with E-state index in [9.17, 15) is 18.0 Å². The minimum absolute atomic E-state index is 0.111. The highest BCUT2D eigenvalue weighted by atomic mass is 19.4. The summed E-state index contributed by atoms with van der Waals surface area (Å²) in [5.74, 6) is -0.486. The lowest BCUT2D eigenvalue weighted by atomic mass is 10.1. The van der Waals surface area contributed by atoms with Crippen LogP contribution in [0.25, 0.3) is 0 Å². The number of halogens is 3. The summed E-state index contributed by atoms with van der Waals surface area (Å²) in [5.41, 5.74) is -0.687. The van der Waals surface area contributed by atoms with Gasteiger partial charge in [0, 0.05) is 12.6 Å². The summed E-state index contributed by atoms with van der Waals surface area (Å²) in [6, 6.07) is 5.65. The summed E-state index contributed by atoms with van der Waals surface area (Å²) in [5, 5.41) is 8.39. The highest BCUT2D eigenvalue weighted by molar-refractivity contribution is 5.94. The molecule has 0 spiro atoms. The van der Waals surface area contributed by atoms with Gasteiger partial charge in [-0.25, -0.2) is 0 Å². The zero-order valence-corrected chi connectivity index (χ0v) is 8.95. The Morgan fingerprint density at radius 1 is 1.35 bits per heavy atom. The number of rotatable bonds is 2. The summed E-state index contributed by atoms with van der Waals surface area (Å²) in [6.45, 7) is -0.111. The largest absolute Gasteiger partial charge is 0.416 e. The Kier molecular flexibility index (Phi) is 3.73. The van der Waals surface area contributed by atoms with Crippen molar-refractivity contribution in [3.63, 3.8) is 0 Å². The van der Waals surface area contributed by atoms with Crippen LogP contribution < -0.4 is 0 Å². The molecule has 0 unspecified atom stereocenters. The number of nitriles is 1. The molecule has 0 aromatic heterocycles. The second-order valence-corrected chi connectivity index (χ2v) is 3.39. The van der Waals surface area contributed by atoms with Crippen molar-refractivity contribution in [3.05, 3.63) is 35.4 Å². The molecule has 1 rings (SSSR count). The summed E-state index contributed by atoms with van der Waals surface area (Å²) in [4.78, 5) is 12.7. The van der Waals surface area contributed by atoms with Crippen molar-refractivity contribution in [2.75, 3.05) is 13.6 Å². The van der Waals surface area contributed by atoms with E-state index >= 15 is 0 Å². The normalized spacial score (nSPS) is 10.8. The molecule has 1 aromatic rings. The maximum atomic E-state index is 12.3. The lowest BCUT2D eigenvalue weighted by Crippen LogP contribution is -2.26. The van der Waals surface area contributed by atoms with Crippen LogP contribution in [-0.2, 0) is 6.18 Å². The van der Waals surface area contributed by atoms with Gasteiger partial charge in [-0.05, 0) is 24.3 Å². The van der Waals surface area contributed by atoms with E-state index in [1.54, 1.807) is 6.07 Å². The SMILES string of the molecule is CN(CC#N)C(=O)c1ccc(C(F)(F)F)cc1. The van der Waals surface area contributed by atoms with Crippen LogP contribution in [0, 0.1) is 11.3 Å². The van der Waals surface area contributed by atoms with Crippen molar-refractivity contribution < 1.29 is 18.0 Å². The van der Waals surface area contributed by atoms with Gasteiger partial charge in [0.25, 0.3) is 5.91 Å². The van der Waals surface area contributed by atoms with Crippen LogP contribution in [0.5, 0.6) is 0 Å². The molecule has 0 saturated heterocycles. The van der Waals surface area contributed by atoms with Crippen LogP contribution in [0.4, 0.5) is 13.2 Å². The van der Waals surface area contributed by atoms with Crippen molar-refractivity contribution in [1.29, 1.82) is 5.26 Å². The zero-order chi connectivity index (χ0) is 13.1. The van der Waals surface area contributed by atoms with Gasteiger partial charge >= 0.3 is 6.18 Å². The molecule has 0 fully saturated rings. The van der Waals surface area contributed by atoms with Crippen LogP contribution in [0.15, 0.2) is 24.3 Å². The third-order valence-electron chi connectivity index (χ3n) is 2.11. The summed E-state index contributed by atoms with van der Waals surface area (Å²) in [6.07, 6.45) is -4.42. The standard InChI is InChI=1S/C11H9F3N2O/c1-16(7-6-15)10(17)8-2-4-9(5-3-8)11(12,13)14/h2-5H,7H2,1H3. The minimum atomic E-state index is -4.42. The first-order valence-corrected chi connectivity index (χ1v) is 4.66. The second kappa shape index (κ2) is 4.87. The molecule has 0 aliphatic rings. The van der Waals surface area contributed by atoms with Gasteiger partial charge in [0.15, 0.2) is 0 Å². The van der Waals surface area contributed by atoms with Crippen molar-refractivity contribution >= 4 is 5.91 Å². The fraction of sp³-hybridized carbons (Fsp3) is 0.273. The van der Waals surface area contributed by atoms with Gasteiger partial charge in [-0.1, -0.05) is 0 Å². The van der Waals surface area contributed by atoms with Gasteiger partial charge in [0.05, 0.1) is 11.6 Å². The van der Waals surface area contributed by atoms with Crippen LogP contribution in [0.3, 0.4) is 0 Å². The molecule has 6 heteroatoms. The molecule has 0 atom stereocenters. The Morgan fingerprint density at radius 2 is 1.88 bits per heavy atom. The molecule has 90 valence electrons. The number of benzene rings is 1. The summed E-state index contributed by atoms with van der Waals surface area (Å²) < 4.78 is 36.8. The van der Waals surface area contributed by atoms with E-state index in [0.29, 0.717) is 0 Å². The zero-order valence-electron chi connectivity index (χ0n) is 8.95. The van der Waals surface area contributed by atoms with Crippen LogP contribution in [0.2, 0.25) is 0 Å². The third kappa shape index (κ3) is 3.21. The number of amides is 1. The second-order valence-electron chi connectivity index (χ2n) is 3.39. The molecule has 0 aliphatic heterocycles. The van der Waals surface area contributed by atoms with E-state index in [0.717, 1.165) is 29.2 Å². The van der Waals surface area contributed by atoms with Gasteiger partial charge in [-0.2, -0.15) is 18.4 Å². The predicted molar refractivity (Wildman–Crippen MR) is 54.0 cm³/mol. The molecule has 0 radical (unpaired) electrons. The average Bonchev–Trinajstić information content (AvgIpc) is 2.27. The first kappa shape index (κ1) is 13.0. The lowest BCUT2D eigenvalue weighted by Gasteiger charge is -2.13. The van der Waals surface area contributed by atoms with E-state index in [2.05, 4.69) is 0 Å². The maximum Gasteiger partial charge on any atom is 0.416 e. The molecule has 0 N–H and O–H groups in total. The van der Waals surface area contributed by atoms with Gasteiger partial charge in [0.2, 0.25) is 0 Å². The van der Waals surface area contributed by atoms with Gasteiger partial charge < -0.3 is 4.90 Å². The number of nitrogens with zero attached hydrogens (tertiary/aromatic N) is 2. The summed E-state index contributed by atoms with van der Waals surface area (Å²) in [7, 11) is 1.41. The number of carbonyl (C=O) groups excluding carboxylic acids is 1. The van der Waals surface area contributed by atoms with Crippen LogP contribution >= 0.6 is 0 Å². The van der Waals surface area contributed by atoms with E-state index < -0.39 is 17.6 Å². The molecule has 0 heterocycles. The average molecular weight is 242 g/mol. The predicted octanol–water partition coefficient (Wildman–Crippen LogP) is 2.30. The van der Waals surface area contributed by atoms with E-state index in [1.165, 1.54) is 7.05 Å². The van der Waals surface area contributed by atoms with Crippen LogP contribution in [-0.4, -0.2) is 24.4 Å². The maximum absolute atomic E-state index is 12.3. The van der Waals surface area contributed by atoms with Crippen LogP contribution in [0.1, 0.15) is 15.9 Å². The first-order chi connectivity index (χ1) is 7.86. The quantitative estimate of drug-likeness (QED) is 0.747. The Balaban J connectivity index is 2.89. The molecular formula is C11H9F3N2O. The number of alkyl halides is 3. The smallest absolute Gasteiger partial charge is 0.328 e. The Morgan fingerprint density at radius 3 is 2.29 bits per heavy atom. The first-order valence-electron chi connectivity index (χ1n) is 4.66. The monoisotopic (exact) mass is 242 g/mol. The molecule has 0 bridgehead atoms. The molecule has 1 amide bonds. The lowest BCUT2D eigenvalue weighted by molar-refractivity contribution is -0.137. The molecule has 1 aromatic carbocycles. The highest BCUT2D eigenvalue weighted by Gasteiger charge is 2.30. The molecular weight excluding hydrogens is 233 g/mol. The fourth-order valence-electron chi connectivity index (χ4n) is 1.20. The Bertz CT molecular complexity index is 445. The van der Waals surface area contributed by atoms with Crippen molar-refractivity contribution in [2.45, 2.75) is 6.18 Å². The number of hydrogen-bond donors (Lipinski definition) is 0. The van der Waals surface area contributed by atoms with Crippen molar-refractivity contribution in [1.82, 2.24) is 4.90 Å². The van der Waals surface area contributed by atoms with Crippen molar-refractivity contribution in [3.8, 4) is 6.07 Å². The van der Waals surface area contributed by atoms with Crippen molar-refractivity contribution in [2.24, 2.45) is 0 Å². The fourth-order valence-corrected chi connectivity index (χ4v) is 1.20. The third-order valence-corrected chi connectivity index (χ3v) is 2.11. The molecule has 17 heavy (non-hydrogen) atoms. The summed E-state index contributed by atoms with van der Waals surface area (Å²) >= 11 is 0. The van der Waals surface area contributed by atoms with E-state index in [-0.39, 0.29) is 12.1 Å². The highest BCUT2D eigenvalue weighted by Crippen LogP contribution is 2.29. The minimum Gasteiger partial charge on any atom is -0.328 e. The molecule has 0 aliphatic carbocycles. The van der Waals surface area contributed by atoms with Gasteiger partial charge in [-0.3, -0.25) is 4.79 Å². The van der Waals surface area contributed by atoms with Gasteiger partial charge in [-0.15, -0.1) is 0 Å². The number of hydrogen-bond acceptors (Lipinski definition) is 2. The number of carbonyl (C=O) groups is 1. The molecule has 0 saturated carbocycles. The van der Waals surface area contributed by atoms with E-state index in [1.807, 2.05) is 0 Å². The molecule has 3 nitrogen and oxygen atoms in total. The Hall–Kier alpha value is -2.03.